The number of nitrogens with zero attached hydrogens (tertiary/aromatic N) is 1. The van der Waals surface area contributed by atoms with Crippen molar-refractivity contribution in [2.45, 2.75) is 13.8 Å². The number of aryl methyl sites for hydroxylation is 1. The molecule has 1 heterocycles. The molecule has 0 fully saturated rings. The van der Waals surface area contributed by atoms with Gasteiger partial charge in [0.2, 0.25) is 5.43 Å². The average Bonchev–Trinajstić information content (AvgIpc) is 2.44. The van der Waals surface area contributed by atoms with Gasteiger partial charge in [0.1, 0.15) is 5.56 Å². The molecule has 1 aromatic carbocycles. The summed E-state index contributed by atoms with van der Waals surface area (Å²) >= 11 is 5.86. The van der Waals surface area contributed by atoms with Gasteiger partial charge in [-0.15, -0.1) is 0 Å². The minimum Gasteiger partial charge on any atom is -0.462 e. The van der Waals surface area contributed by atoms with Crippen LogP contribution in [-0.4, -0.2) is 17.1 Å². The Kier molecular flexibility index (Phi) is 4.48. The second-order valence-corrected chi connectivity index (χ2v) is 5.11. The van der Waals surface area contributed by atoms with Crippen LogP contribution in [0.3, 0.4) is 0 Å². The minimum absolute atomic E-state index is 0.0757. The third-order valence-corrected chi connectivity index (χ3v) is 3.57. The number of halogens is 1. The summed E-state index contributed by atoms with van der Waals surface area (Å²) in [5, 5.41) is 0.591. The van der Waals surface area contributed by atoms with E-state index in [1.54, 1.807) is 55.9 Å². The summed E-state index contributed by atoms with van der Waals surface area (Å²) in [7, 11) is 1.79. The van der Waals surface area contributed by atoms with Crippen LogP contribution in [0, 0.1) is 6.92 Å². The molecule has 4 nitrogen and oxygen atoms in total. The van der Waals surface area contributed by atoms with Crippen molar-refractivity contribution in [3.8, 4) is 11.1 Å². The molecule has 0 spiro atoms. The van der Waals surface area contributed by atoms with Crippen LogP contribution in [-0.2, 0) is 11.8 Å². The Hall–Kier alpha value is -2.07. The molecule has 0 saturated carbocycles. The number of esters is 1. The molecule has 2 rings (SSSR count). The van der Waals surface area contributed by atoms with E-state index in [9.17, 15) is 9.59 Å². The molecule has 5 heteroatoms. The Morgan fingerprint density at radius 3 is 2.48 bits per heavy atom. The van der Waals surface area contributed by atoms with Gasteiger partial charge in [0.05, 0.1) is 6.61 Å². The predicted octanol–water partition coefficient (Wildman–Crippen LogP) is 3.19. The van der Waals surface area contributed by atoms with E-state index in [4.69, 9.17) is 16.3 Å². The van der Waals surface area contributed by atoms with Crippen LogP contribution >= 0.6 is 11.6 Å². The molecule has 110 valence electrons. The van der Waals surface area contributed by atoms with Crippen molar-refractivity contribution >= 4 is 17.6 Å². The molecule has 0 aliphatic heterocycles. The second-order valence-electron chi connectivity index (χ2n) is 4.67. The van der Waals surface area contributed by atoms with E-state index in [1.165, 1.54) is 0 Å². The van der Waals surface area contributed by atoms with Gasteiger partial charge >= 0.3 is 5.97 Å². The van der Waals surface area contributed by atoms with Crippen molar-refractivity contribution in [3.05, 3.63) is 57.0 Å². The third kappa shape index (κ3) is 3.00. The number of benzene rings is 1. The molecule has 0 aliphatic rings. The molecule has 2 aromatic rings. The first-order chi connectivity index (χ1) is 9.95. The monoisotopic (exact) mass is 305 g/mol. The van der Waals surface area contributed by atoms with Crippen LogP contribution in [0.1, 0.15) is 23.0 Å². The Morgan fingerprint density at radius 2 is 1.90 bits per heavy atom. The molecule has 0 N–H and O–H groups in total. The van der Waals surface area contributed by atoms with Crippen molar-refractivity contribution < 1.29 is 9.53 Å². The molecule has 1 aromatic heterocycles. The number of carbonyl (C=O) groups excluding carboxylic acids is 1. The minimum atomic E-state index is -0.591. The fraction of sp³-hybridized carbons (Fsp3) is 0.250. The maximum atomic E-state index is 12.6. The van der Waals surface area contributed by atoms with Crippen LogP contribution in [0.5, 0.6) is 0 Å². The van der Waals surface area contributed by atoms with Crippen molar-refractivity contribution in [2.24, 2.45) is 7.05 Å². The third-order valence-electron chi connectivity index (χ3n) is 3.32. The van der Waals surface area contributed by atoms with Crippen molar-refractivity contribution in [2.75, 3.05) is 6.61 Å². The topological polar surface area (TPSA) is 48.3 Å². The van der Waals surface area contributed by atoms with Gasteiger partial charge in [-0.1, -0.05) is 23.7 Å². The van der Waals surface area contributed by atoms with E-state index in [2.05, 4.69) is 0 Å². The molecule has 0 radical (unpaired) electrons. The number of rotatable bonds is 3. The second kappa shape index (κ2) is 6.14. The van der Waals surface area contributed by atoms with Gasteiger partial charge in [0, 0.05) is 29.5 Å². The maximum absolute atomic E-state index is 12.6. The Morgan fingerprint density at radius 1 is 1.29 bits per heavy atom. The first-order valence-electron chi connectivity index (χ1n) is 6.59. The molecule has 0 saturated heterocycles. The van der Waals surface area contributed by atoms with Crippen molar-refractivity contribution in [1.82, 2.24) is 4.57 Å². The lowest BCUT2D eigenvalue weighted by Crippen LogP contribution is -2.24. The number of ether oxygens (including phenoxy) is 1. The smallest absolute Gasteiger partial charge is 0.343 e. The molecule has 0 bridgehead atoms. The fourth-order valence-corrected chi connectivity index (χ4v) is 2.23. The van der Waals surface area contributed by atoms with Gasteiger partial charge in [0.15, 0.2) is 0 Å². The van der Waals surface area contributed by atoms with E-state index < -0.39 is 5.97 Å². The van der Waals surface area contributed by atoms with E-state index in [0.29, 0.717) is 21.8 Å². The number of hydrogen-bond donors (Lipinski definition) is 0. The standard InChI is InChI=1S/C16H16ClNO3/c1-4-21-16(20)14-10(2)18(3)9-13(15(14)19)11-5-7-12(17)8-6-11/h5-9H,4H2,1-3H3. The maximum Gasteiger partial charge on any atom is 0.343 e. The molecule has 0 amide bonds. The van der Waals surface area contributed by atoms with Crippen molar-refractivity contribution in [3.63, 3.8) is 0 Å². The van der Waals surface area contributed by atoms with E-state index >= 15 is 0 Å². The molecular formula is C16H16ClNO3. The van der Waals surface area contributed by atoms with Crippen LogP contribution < -0.4 is 5.43 Å². The Bertz CT molecular complexity index is 732. The van der Waals surface area contributed by atoms with Crippen LogP contribution in [0.25, 0.3) is 11.1 Å². The quantitative estimate of drug-likeness (QED) is 0.818. The van der Waals surface area contributed by atoms with Crippen molar-refractivity contribution in [1.29, 1.82) is 0 Å². The fourth-order valence-electron chi connectivity index (χ4n) is 2.10. The Balaban J connectivity index is 2.66. The Labute approximate surface area is 127 Å². The summed E-state index contributed by atoms with van der Waals surface area (Å²) in [4.78, 5) is 24.6. The number of hydrogen-bond acceptors (Lipinski definition) is 3. The number of carbonyl (C=O) groups is 1. The van der Waals surface area contributed by atoms with Gasteiger partial charge in [-0.05, 0) is 31.5 Å². The lowest BCUT2D eigenvalue weighted by molar-refractivity contribution is 0.0523. The van der Waals surface area contributed by atoms with Gasteiger partial charge in [-0.3, -0.25) is 4.79 Å². The molecular weight excluding hydrogens is 290 g/mol. The molecule has 21 heavy (non-hydrogen) atoms. The summed E-state index contributed by atoms with van der Waals surface area (Å²) in [5.74, 6) is -0.591. The number of aromatic nitrogens is 1. The zero-order valence-corrected chi connectivity index (χ0v) is 12.9. The molecule has 0 aliphatic carbocycles. The van der Waals surface area contributed by atoms with Gasteiger partial charge in [-0.25, -0.2) is 4.79 Å². The van der Waals surface area contributed by atoms with Crippen LogP contribution in [0.2, 0.25) is 5.02 Å². The van der Waals surface area contributed by atoms with Crippen LogP contribution in [0.15, 0.2) is 35.3 Å². The van der Waals surface area contributed by atoms with Gasteiger partial charge in [0.25, 0.3) is 0 Å². The highest BCUT2D eigenvalue weighted by Crippen LogP contribution is 2.20. The highest BCUT2D eigenvalue weighted by molar-refractivity contribution is 6.30. The van der Waals surface area contributed by atoms with E-state index in [0.717, 1.165) is 0 Å². The first-order valence-corrected chi connectivity index (χ1v) is 6.96. The summed E-state index contributed by atoms with van der Waals surface area (Å²) < 4.78 is 6.73. The summed E-state index contributed by atoms with van der Waals surface area (Å²) in [6.07, 6.45) is 1.71. The highest BCUT2D eigenvalue weighted by Gasteiger charge is 2.20. The predicted molar refractivity (Wildman–Crippen MR) is 82.8 cm³/mol. The van der Waals surface area contributed by atoms with Gasteiger partial charge < -0.3 is 9.30 Å². The lowest BCUT2D eigenvalue weighted by Gasteiger charge is -2.12. The van der Waals surface area contributed by atoms with Gasteiger partial charge in [-0.2, -0.15) is 0 Å². The summed E-state index contributed by atoms with van der Waals surface area (Å²) in [5.41, 5.74) is 1.49. The first kappa shape index (κ1) is 15.3. The van der Waals surface area contributed by atoms with E-state index in [1.807, 2.05) is 0 Å². The zero-order valence-electron chi connectivity index (χ0n) is 12.1. The van der Waals surface area contributed by atoms with Crippen LogP contribution in [0.4, 0.5) is 0 Å². The SMILES string of the molecule is CCOC(=O)c1c(C)n(C)cc(-c2ccc(Cl)cc2)c1=O. The van der Waals surface area contributed by atoms with E-state index in [-0.39, 0.29) is 17.6 Å². The molecule has 0 atom stereocenters. The summed E-state index contributed by atoms with van der Waals surface area (Å²) in [6, 6.07) is 6.92. The average molecular weight is 306 g/mol. The summed E-state index contributed by atoms with van der Waals surface area (Å²) in [6.45, 7) is 3.66. The molecule has 0 unspecified atom stereocenters. The lowest BCUT2D eigenvalue weighted by atomic mass is 10.0. The number of pyridine rings is 1. The largest absolute Gasteiger partial charge is 0.462 e. The normalized spacial score (nSPS) is 10.5. The highest BCUT2D eigenvalue weighted by atomic mass is 35.5. The zero-order chi connectivity index (χ0) is 15.6.